The van der Waals surface area contributed by atoms with Crippen LogP contribution >= 0.6 is 15.9 Å². The largest absolute Gasteiger partial charge is 0.487 e. The second-order valence-electron chi connectivity index (χ2n) is 4.76. The van der Waals surface area contributed by atoms with Crippen molar-refractivity contribution in [1.82, 2.24) is 0 Å². The number of benzene rings is 1. The summed E-state index contributed by atoms with van der Waals surface area (Å²) in [5.41, 5.74) is 1.79. The zero-order chi connectivity index (χ0) is 11.9. The normalized spacial score (nSPS) is 28.4. The van der Waals surface area contributed by atoms with E-state index in [2.05, 4.69) is 22.9 Å². The van der Waals surface area contributed by atoms with E-state index in [1.807, 2.05) is 26.0 Å². The molecule has 0 aromatic heterocycles. The quantitative estimate of drug-likeness (QED) is 0.851. The highest BCUT2D eigenvalue weighted by molar-refractivity contribution is 9.10. The van der Waals surface area contributed by atoms with E-state index in [1.54, 1.807) is 0 Å². The summed E-state index contributed by atoms with van der Waals surface area (Å²) in [7, 11) is 0. The summed E-state index contributed by atoms with van der Waals surface area (Å²) in [6.07, 6.45) is 1.15. The standard InChI is InChI=1S/C13H17BrO2/c1-4-13(3)7-11(15)9-5-8(2)10(14)6-12(9)16-13/h5-6,11,15H,4,7H2,1-3H3. The molecule has 0 spiro atoms. The van der Waals surface area contributed by atoms with Crippen molar-refractivity contribution in [2.75, 3.05) is 0 Å². The Hall–Kier alpha value is -0.540. The Kier molecular flexibility index (Phi) is 3.01. The predicted octanol–water partition coefficient (Wildman–Crippen LogP) is 3.74. The van der Waals surface area contributed by atoms with Crippen molar-refractivity contribution in [2.45, 2.75) is 45.3 Å². The lowest BCUT2D eigenvalue weighted by Crippen LogP contribution is -2.37. The maximum absolute atomic E-state index is 10.1. The Morgan fingerprint density at radius 3 is 2.88 bits per heavy atom. The predicted molar refractivity (Wildman–Crippen MR) is 67.8 cm³/mol. The molecule has 16 heavy (non-hydrogen) atoms. The molecule has 1 aromatic rings. The smallest absolute Gasteiger partial charge is 0.127 e. The highest BCUT2D eigenvalue weighted by atomic mass is 79.9. The van der Waals surface area contributed by atoms with E-state index < -0.39 is 6.10 Å². The van der Waals surface area contributed by atoms with Crippen molar-refractivity contribution in [3.63, 3.8) is 0 Å². The van der Waals surface area contributed by atoms with E-state index in [-0.39, 0.29) is 5.60 Å². The van der Waals surface area contributed by atoms with Crippen molar-refractivity contribution in [3.05, 3.63) is 27.7 Å². The number of fused-ring (bicyclic) bond motifs is 1. The van der Waals surface area contributed by atoms with E-state index in [0.717, 1.165) is 27.8 Å². The van der Waals surface area contributed by atoms with Crippen LogP contribution in [0, 0.1) is 6.92 Å². The number of aryl methyl sites for hydroxylation is 1. The third-order valence-corrected chi connectivity index (χ3v) is 4.23. The molecule has 0 fully saturated rings. The van der Waals surface area contributed by atoms with Crippen molar-refractivity contribution in [3.8, 4) is 5.75 Å². The van der Waals surface area contributed by atoms with Gasteiger partial charge in [-0.2, -0.15) is 0 Å². The van der Waals surface area contributed by atoms with Gasteiger partial charge in [-0.3, -0.25) is 0 Å². The van der Waals surface area contributed by atoms with Crippen molar-refractivity contribution < 1.29 is 9.84 Å². The molecule has 0 bridgehead atoms. The highest BCUT2D eigenvalue weighted by Crippen LogP contribution is 2.42. The lowest BCUT2D eigenvalue weighted by atomic mass is 9.88. The monoisotopic (exact) mass is 284 g/mol. The van der Waals surface area contributed by atoms with Crippen LogP contribution in [0.5, 0.6) is 5.75 Å². The van der Waals surface area contributed by atoms with Crippen LogP contribution in [0.4, 0.5) is 0 Å². The topological polar surface area (TPSA) is 29.5 Å². The molecule has 88 valence electrons. The molecule has 1 aromatic carbocycles. The van der Waals surface area contributed by atoms with Gasteiger partial charge in [0.1, 0.15) is 11.4 Å². The van der Waals surface area contributed by atoms with E-state index in [9.17, 15) is 5.11 Å². The molecule has 2 nitrogen and oxygen atoms in total. The molecule has 2 rings (SSSR count). The summed E-state index contributed by atoms with van der Waals surface area (Å²) in [6.45, 7) is 6.15. The molecule has 3 heteroatoms. The summed E-state index contributed by atoms with van der Waals surface area (Å²) in [5, 5.41) is 10.1. The van der Waals surface area contributed by atoms with Gasteiger partial charge >= 0.3 is 0 Å². The van der Waals surface area contributed by atoms with Gasteiger partial charge in [-0.1, -0.05) is 22.9 Å². The first-order valence-electron chi connectivity index (χ1n) is 5.62. The molecule has 2 atom stereocenters. The molecule has 2 unspecified atom stereocenters. The number of rotatable bonds is 1. The lowest BCUT2D eigenvalue weighted by molar-refractivity contribution is -0.00387. The van der Waals surface area contributed by atoms with Crippen molar-refractivity contribution >= 4 is 15.9 Å². The number of aliphatic hydroxyl groups is 1. The van der Waals surface area contributed by atoms with Crippen LogP contribution in [0.15, 0.2) is 16.6 Å². The molecule has 1 heterocycles. The van der Waals surface area contributed by atoms with Gasteiger partial charge in [0.25, 0.3) is 0 Å². The average molecular weight is 285 g/mol. The number of ether oxygens (including phenoxy) is 1. The third kappa shape index (κ3) is 1.98. The molecule has 1 N–H and O–H groups in total. The average Bonchev–Trinajstić information content (AvgIpc) is 2.21. The zero-order valence-electron chi connectivity index (χ0n) is 9.88. The number of hydrogen-bond acceptors (Lipinski definition) is 2. The summed E-state index contributed by atoms with van der Waals surface area (Å²) in [6, 6.07) is 3.96. The third-order valence-electron chi connectivity index (χ3n) is 3.38. The molecule has 0 saturated carbocycles. The fraction of sp³-hybridized carbons (Fsp3) is 0.538. The second kappa shape index (κ2) is 4.04. The first-order chi connectivity index (χ1) is 7.45. The lowest BCUT2D eigenvalue weighted by Gasteiger charge is -2.38. The minimum atomic E-state index is -0.416. The Balaban J connectivity index is 2.47. The van der Waals surface area contributed by atoms with Gasteiger partial charge in [-0.25, -0.2) is 0 Å². The molecule has 0 amide bonds. The maximum atomic E-state index is 10.1. The molecule has 0 aliphatic carbocycles. The van der Waals surface area contributed by atoms with Gasteiger partial charge in [-0.05, 0) is 38.0 Å². The molecule has 1 aliphatic heterocycles. The molecular formula is C13H17BrO2. The Morgan fingerprint density at radius 1 is 1.56 bits per heavy atom. The van der Waals surface area contributed by atoms with Crippen LogP contribution in [0.1, 0.15) is 43.9 Å². The Labute approximate surface area is 105 Å². The van der Waals surface area contributed by atoms with Crippen LogP contribution in [-0.4, -0.2) is 10.7 Å². The van der Waals surface area contributed by atoms with Crippen LogP contribution in [-0.2, 0) is 0 Å². The SMILES string of the molecule is CCC1(C)CC(O)c2cc(C)c(Br)cc2O1. The zero-order valence-corrected chi connectivity index (χ0v) is 11.5. The van der Waals surface area contributed by atoms with Gasteiger partial charge < -0.3 is 9.84 Å². The summed E-state index contributed by atoms with van der Waals surface area (Å²) < 4.78 is 7.01. The van der Waals surface area contributed by atoms with E-state index >= 15 is 0 Å². The molecular weight excluding hydrogens is 268 g/mol. The fourth-order valence-corrected chi connectivity index (χ4v) is 2.40. The summed E-state index contributed by atoms with van der Waals surface area (Å²) in [5.74, 6) is 0.806. The number of halogens is 1. The summed E-state index contributed by atoms with van der Waals surface area (Å²) in [4.78, 5) is 0. The fourth-order valence-electron chi connectivity index (χ4n) is 2.08. The number of aliphatic hydroxyl groups excluding tert-OH is 1. The molecule has 0 radical (unpaired) electrons. The van der Waals surface area contributed by atoms with Gasteiger partial charge in [0.05, 0.1) is 6.10 Å². The minimum absolute atomic E-state index is 0.249. The van der Waals surface area contributed by atoms with Crippen LogP contribution in [0.25, 0.3) is 0 Å². The van der Waals surface area contributed by atoms with Crippen LogP contribution < -0.4 is 4.74 Å². The number of hydrogen-bond donors (Lipinski definition) is 1. The van der Waals surface area contributed by atoms with Gasteiger partial charge in [0.2, 0.25) is 0 Å². The van der Waals surface area contributed by atoms with Crippen LogP contribution in [0.2, 0.25) is 0 Å². The second-order valence-corrected chi connectivity index (χ2v) is 5.62. The van der Waals surface area contributed by atoms with Crippen LogP contribution in [0.3, 0.4) is 0 Å². The Bertz CT molecular complexity index is 417. The van der Waals surface area contributed by atoms with E-state index in [4.69, 9.17) is 4.74 Å². The van der Waals surface area contributed by atoms with Gasteiger partial charge in [0, 0.05) is 16.5 Å². The van der Waals surface area contributed by atoms with Crippen molar-refractivity contribution in [1.29, 1.82) is 0 Å². The van der Waals surface area contributed by atoms with E-state index in [0.29, 0.717) is 6.42 Å². The van der Waals surface area contributed by atoms with Crippen molar-refractivity contribution in [2.24, 2.45) is 0 Å². The highest BCUT2D eigenvalue weighted by Gasteiger charge is 2.35. The van der Waals surface area contributed by atoms with E-state index in [1.165, 1.54) is 0 Å². The molecule has 0 saturated heterocycles. The first kappa shape index (κ1) is 11.9. The maximum Gasteiger partial charge on any atom is 0.127 e. The Morgan fingerprint density at radius 2 is 2.25 bits per heavy atom. The van der Waals surface area contributed by atoms with Gasteiger partial charge in [0.15, 0.2) is 0 Å². The summed E-state index contributed by atoms with van der Waals surface area (Å²) >= 11 is 3.49. The minimum Gasteiger partial charge on any atom is -0.487 e. The first-order valence-corrected chi connectivity index (χ1v) is 6.41. The van der Waals surface area contributed by atoms with Gasteiger partial charge in [-0.15, -0.1) is 0 Å². The molecule has 1 aliphatic rings.